The third-order valence-electron chi connectivity index (χ3n) is 1.86. The molecule has 0 fully saturated rings. The Kier molecular flexibility index (Phi) is 4.23. The number of aliphatic carboxylic acids is 1. The summed E-state index contributed by atoms with van der Waals surface area (Å²) >= 11 is 0. The van der Waals surface area contributed by atoms with Gasteiger partial charge in [-0.1, -0.05) is 6.07 Å². The molecule has 0 saturated heterocycles. The van der Waals surface area contributed by atoms with E-state index in [1.165, 1.54) is 25.1 Å². The summed E-state index contributed by atoms with van der Waals surface area (Å²) in [5.74, 6) is -1.78. The Morgan fingerprint density at radius 3 is 2.88 bits per heavy atom. The van der Waals surface area contributed by atoms with Crippen LogP contribution in [0.1, 0.15) is 12.5 Å². The highest BCUT2D eigenvalue weighted by molar-refractivity contribution is 5.85. The van der Waals surface area contributed by atoms with Crippen LogP contribution in [-0.4, -0.2) is 17.2 Å². The van der Waals surface area contributed by atoms with Crippen molar-refractivity contribution >= 4 is 12.0 Å². The number of carboxylic acids is 1. The predicted octanol–water partition coefficient (Wildman–Crippen LogP) is 2.21. The molecule has 17 heavy (non-hydrogen) atoms. The minimum Gasteiger partial charge on any atom is -0.478 e. The number of hydrogen-bond donors (Lipinski definition) is 1. The molecule has 0 bridgehead atoms. The van der Waals surface area contributed by atoms with Gasteiger partial charge in [-0.25, -0.2) is 9.18 Å². The van der Waals surface area contributed by atoms with Crippen molar-refractivity contribution in [3.05, 3.63) is 35.7 Å². The Morgan fingerprint density at radius 1 is 1.65 bits per heavy atom. The quantitative estimate of drug-likeness (QED) is 0.812. The van der Waals surface area contributed by atoms with Gasteiger partial charge in [0.2, 0.25) is 0 Å². The van der Waals surface area contributed by atoms with Crippen LogP contribution in [0.5, 0.6) is 5.75 Å². The molecule has 0 amide bonds. The first-order valence-electron chi connectivity index (χ1n) is 4.79. The lowest BCUT2D eigenvalue weighted by Crippen LogP contribution is -2.09. The van der Waals surface area contributed by atoms with E-state index < -0.39 is 17.9 Å². The second-order valence-electron chi connectivity index (χ2n) is 3.25. The van der Waals surface area contributed by atoms with Crippen molar-refractivity contribution in [2.45, 2.75) is 13.0 Å². The normalized spacial score (nSPS) is 12.1. The van der Waals surface area contributed by atoms with E-state index in [1.807, 2.05) is 6.07 Å². The number of nitriles is 1. The fourth-order valence-electron chi connectivity index (χ4n) is 1.10. The van der Waals surface area contributed by atoms with E-state index in [9.17, 15) is 9.18 Å². The number of rotatable bonds is 4. The zero-order valence-corrected chi connectivity index (χ0v) is 9.05. The fraction of sp³-hybridized carbons (Fsp3) is 0.167. The summed E-state index contributed by atoms with van der Waals surface area (Å²) in [5, 5.41) is 16.9. The van der Waals surface area contributed by atoms with Crippen LogP contribution in [0.2, 0.25) is 0 Å². The second-order valence-corrected chi connectivity index (χ2v) is 3.25. The van der Waals surface area contributed by atoms with Crippen LogP contribution in [0.25, 0.3) is 6.08 Å². The number of carboxylic acid groups (broad SMARTS) is 1. The van der Waals surface area contributed by atoms with Crippen LogP contribution in [0.3, 0.4) is 0 Å². The third kappa shape index (κ3) is 3.95. The van der Waals surface area contributed by atoms with Gasteiger partial charge in [-0.05, 0) is 30.7 Å². The van der Waals surface area contributed by atoms with E-state index in [2.05, 4.69) is 0 Å². The van der Waals surface area contributed by atoms with Gasteiger partial charge in [-0.2, -0.15) is 5.26 Å². The van der Waals surface area contributed by atoms with Gasteiger partial charge in [0.1, 0.15) is 6.07 Å². The summed E-state index contributed by atoms with van der Waals surface area (Å²) in [5.41, 5.74) is 0.405. The average molecular weight is 235 g/mol. The van der Waals surface area contributed by atoms with E-state index in [4.69, 9.17) is 15.1 Å². The number of benzene rings is 1. The van der Waals surface area contributed by atoms with Crippen LogP contribution in [-0.2, 0) is 4.79 Å². The molecule has 0 aliphatic carbocycles. The largest absolute Gasteiger partial charge is 0.478 e. The minimum atomic E-state index is -1.11. The zero-order chi connectivity index (χ0) is 12.8. The van der Waals surface area contributed by atoms with Crippen LogP contribution < -0.4 is 4.74 Å². The molecule has 1 atom stereocenters. The molecule has 0 aliphatic rings. The van der Waals surface area contributed by atoms with Gasteiger partial charge in [0, 0.05) is 6.08 Å². The summed E-state index contributed by atoms with van der Waals surface area (Å²) in [6, 6.07) is 5.81. The van der Waals surface area contributed by atoms with E-state index in [0.29, 0.717) is 5.56 Å². The molecule has 4 nitrogen and oxygen atoms in total. The summed E-state index contributed by atoms with van der Waals surface area (Å²) in [7, 11) is 0. The first-order valence-corrected chi connectivity index (χ1v) is 4.79. The summed E-state index contributed by atoms with van der Waals surface area (Å²) in [4.78, 5) is 10.3. The molecule has 1 N–H and O–H groups in total. The number of carbonyl (C=O) groups is 1. The van der Waals surface area contributed by atoms with Gasteiger partial charge >= 0.3 is 5.97 Å². The smallest absolute Gasteiger partial charge is 0.328 e. The van der Waals surface area contributed by atoms with Crippen molar-refractivity contribution in [2.24, 2.45) is 0 Å². The van der Waals surface area contributed by atoms with E-state index in [1.54, 1.807) is 0 Å². The van der Waals surface area contributed by atoms with E-state index >= 15 is 0 Å². The number of nitrogens with zero attached hydrogens (tertiary/aromatic N) is 1. The second kappa shape index (κ2) is 5.66. The standard InChI is InChI=1S/C12H10FNO3/c1-8(7-14)17-11-4-2-9(6-10(11)13)3-5-12(15)16/h2-6,8H,1H3,(H,15,16)/b5-3+. The Hall–Kier alpha value is -2.35. The maximum absolute atomic E-state index is 13.5. The molecule has 5 heteroatoms. The average Bonchev–Trinajstić information content (AvgIpc) is 2.29. The molecule has 0 radical (unpaired) electrons. The van der Waals surface area contributed by atoms with Gasteiger partial charge < -0.3 is 9.84 Å². The molecule has 0 saturated carbocycles. The molecule has 1 aromatic carbocycles. The van der Waals surface area contributed by atoms with Gasteiger partial charge in [0.05, 0.1) is 0 Å². The summed E-state index contributed by atoms with van der Waals surface area (Å²) in [6.07, 6.45) is 1.43. The summed E-state index contributed by atoms with van der Waals surface area (Å²) < 4.78 is 18.5. The number of ether oxygens (including phenoxy) is 1. The van der Waals surface area contributed by atoms with Crippen molar-refractivity contribution in [1.82, 2.24) is 0 Å². The van der Waals surface area contributed by atoms with Gasteiger partial charge in [-0.15, -0.1) is 0 Å². The third-order valence-corrected chi connectivity index (χ3v) is 1.86. The van der Waals surface area contributed by atoms with Crippen LogP contribution in [0.15, 0.2) is 24.3 Å². The first kappa shape index (κ1) is 12.7. The number of hydrogen-bond acceptors (Lipinski definition) is 3. The van der Waals surface area contributed by atoms with Gasteiger partial charge in [0.25, 0.3) is 0 Å². The predicted molar refractivity (Wildman–Crippen MR) is 58.8 cm³/mol. The van der Waals surface area contributed by atoms with Gasteiger partial charge in [0.15, 0.2) is 17.7 Å². The highest BCUT2D eigenvalue weighted by atomic mass is 19.1. The fourth-order valence-corrected chi connectivity index (χ4v) is 1.10. The lowest BCUT2D eigenvalue weighted by atomic mass is 10.2. The maximum atomic E-state index is 13.5. The molecule has 0 aromatic heterocycles. The monoisotopic (exact) mass is 235 g/mol. The van der Waals surface area contributed by atoms with Crippen molar-refractivity contribution in [2.75, 3.05) is 0 Å². The molecule has 88 valence electrons. The van der Waals surface area contributed by atoms with Crippen molar-refractivity contribution < 1.29 is 19.0 Å². The highest BCUT2D eigenvalue weighted by Gasteiger charge is 2.07. The zero-order valence-electron chi connectivity index (χ0n) is 9.05. The Balaban J connectivity index is 2.87. The maximum Gasteiger partial charge on any atom is 0.328 e. The Morgan fingerprint density at radius 2 is 2.35 bits per heavy atom. The number of halogens is 1. The molecule has 0 spiro atoms. The minimum absolute atomic E-state index is 0.0356. The molecule has 1 aromatic rings. The molecular weight excluding hydrogens is 225 g/mol. The molecule has 1 unspecified atom stereocenters. The Labute approximate surface area is 97.6 Å². The molecule has 1 rings (SSSR count). The Bertz CT molecular complexity index is 491. The van der Waals surface area contributed by atoms with E-state index in [-0.39, 0.29) is 5.75 Å². The van der Waals surface area contributed by atoms with Crippen molar-refractivity contribution in [3.8, 4) is 11.8 Å². The first-order chi connectivity index (χ1) is 8.02. The molecular formula is C12H10FNO3. The van der Waals surface area contributed by atoms with Crippen LogP contribution in [0, 0.1) is 17.1 Å². The van der Waals surface area contributed by atoms with Gasteiger partial charge in [-0.3, -0.25) is 0 Å². The SMILES string of the molecule is CC(C#N)Oc1ccc(/C=C/C(=O)O)cc1F. The highest BCUT2D eigenvalue weighted by Crippen LogP contribution is 2.20. The topological polar surface area (TPSA) is 70.3 Å². The lowest BCUT2D eigenvalue weighted by Gasteiger charge is -2.08. The lowest BCUT2D eigenvalue weighted by molar-refractivity contribution is -0.131. The van der Waals surface area contributed by atoms with Crippen LogP contribution in [0.4, 0.5) is 4.39 Å². The van der Waals surface area contributed by atoms with Crippen molar-refractivity contribution in [1.29, 1.82) is 5.26 Å². The van der Waals surface area contributed by atoms with Crippen molar-refractivity contribution in [3.63, 3.8) is 0 Å². The summed E-state index contributed by atoms with van der Waals surface area (Å²) in [6.45, 7) is 1.50. The molecule has 0 heterocycles. The van der Waals surface area contributed by atoms with E-state index in [0.717, 1.165) is 12.1 Å². The molecule has 0 aliphatic heterocycles. The van der Waals surface area contributed by atoms with Crippen LogP contribution >= 0.6 is 0 Å².